The predicted molar refractivity (Wildman–Crippen MR) is 217 cm³/mol. The number of nitrogens with zero attached hydrogens (tertiary/aromatic N) is 1. The summed E-state index contributed by atoms with van der Waals surface area (Å²) in [6, 6.07) is 15.3. The van der Waals surface area contributed by atoms with Crippen LogP contribution in [0.3, 0.4) is 0 Å². The maximum Gasteiger partial charge on any atom is 0.414 e. The van der Waals surface area contributed by atoms with E-state index in [1.165, 1.54) is 44.9 Å². The number of alkyl carbamates (subject to hydrolysis) is 3. The van der Waals surface area contributed by atoms with Crippen LogP contribution in [-0.2, 0) is 19.0 Å². The van der Waals surface area contributed by atoms with Crippen molar-refractivity contribution < 1.29 is 33.4 Å². The average Bonchev–Trinajstić information content (AvgIpc) is 3.42. The maximum atomic E-state index is 13.4. The number of rotatable bonds is 19. The average molecular weight is 764 g/mol. The first-order chi connectivity index (χ1) is 26.2. The molecule has 4 amide bonds. The molecule has 0 saturated heterocycles. The molecule has 0 aliphatic heterocycles. The van der Waals surface area contributed by atoms with Gasteiger partial charge in [-0.3, -0.25) is 20.4 Å². The minimum absolute atomic E-state index is 0.107. The largest absolute Gasteiger partial charge is 0.449 e. The lowest BCUT2D eigenvalue weighted by Gasteiger charge is -2.22. The normalized spacial score (nSPS) is 12.8. The summed E-state index contributed by atoms with van der Waals surface area (Å²) >= 11 is 0. The first-order valence-electron chi connectivity index (χ1n) is 20.1. The molecule has 0 aromatic heterocycles. The van der Waals surface area contributed by atoms with E-state index in [1.54, 1.807) is 41.5 Å². The van der Waals surface area contributed by atoms with Crippen molar-refractivity contribution in [1.82, 2.24) is 21.3 Å². The van der Waals surface area contributed by atoms with E-state index in [9.17, 15) is 19.2 Å². The van der Waals surface area contributed by atoms with Gasteiger partial charge < -0.3 is 24.8 Å². The van der Waals surface area contributed by atoms with Crippen LogP contribution in [0.2, 0.25) is 0 Å². The molecule has 55 heavy (non-hydrogen) atoms. The fourth-order valence-electron chi connectivity index (χ4n) is 6.40. The third-order valence-electron chi connectivity index (χ3n) is 8.94. The van der Waals surface area contributed by atoms with E-state index < -0.39 is 35.5 Å². The van der Waals surface area contributed by atoms with Crippen LogP contribution >= 0.6 is 0 Å². The molecule has 0 fully saturated rings. The van der Waals surface area contributed by atoms with Crippen LogP contribution in [0.5, 0.6) is 0 Å². The van der Waals surface area contributed by atoms with Gasteiger partial charge in [-0.05, 0) is 83.1 Å². The standard InChI is InChI=1S/C43H65N5O7/c1-8-9-10-11-12-13-14-15-16-21-28-44-37(49)36(27-22-29-45-38(47-40(51)54-42(2,3)4)48-41(52)55-43(5,6)7)46-39(50)53-30-35-33-25-19-17-23-31(33)32-24-18-20-26-34(32)35/h17-20,23-26,35-36H,8-16,21-22,27-30H2,1-7H3,(H,44,49)(H,46,50)(H2,45,47,48,51,52)/t36-/m0/s1. The van der Waals surface area contributed by atoms with E-state index in [0.717, 1.165) is 41.5 Å². The lowest BCUT2D eigenvalue weighted by atomic mass is 9.98. The minimum Gasteiger partial charge on any atom is -0.449 e. The SMILES string of the molecule is CCCCCCCCCCCCNC(=O)[C@H](CCCN=C(NC(=O)OC(C)(C)C)NC(=O)OC(C)(C)C)NC(=O)OCC1c2ccccc2-c2ccccc21. The zero-order valence-corrected chi connectivity index (χ0v) is 34.2. The van der Waals surface area contributed by atoms with Gasteiger partial charge in [-0.1, -0.05) is 113 Å². The number of amides is 4. The summed E-state index contributed by atoms with van der Waals surface area (Å²) in [4.78, 5) is 56.1. The molecule has 0 saturated carbocycles. The Morgan fingerprint density at radius 1 is 0.673 bits per heavy atom. The van der Waals surface area contributed by atoms with Gasteiger partial charge in [-0.2, -0.15) is 0 Å². The van der Waals surface area contributed by atoms with Gasteiger partial charge in [0.1, 0.15) is 23.9 Å². The molecule has 3 rings (SSSR count). The predicted octanol–water partition coefficient (Wildman–Crippen LogP) is 9.12. The van der Waals surface area contributed by atoms with Crippen LogP contribution in [0.25, 0.3) is 11.1 Å². The number of carbonyl (C=O) groups is 4. The van der Waals surface area contributed by atoms with Crippen molar-refractivity contribution in [2.24, 2.45) is 4.99 Å². The second kappa shape index (κ2) is 22.7. The van der Waals surface area contributed by atoms with Crippen molar-refractivity contribution in [2.75, 3.05) is 19.7 Å². The number of hydrogen-bond acceptors (Lipinski definition) is 8. The molecule has 12 nitrogen and oxygen atoms in total. The summed E-state index contributed by atoms with van der Waals surface area (Å²) < 4.78 is 16.4. The Bertz CT molecular complexity index is 1490. The molecule has 304 valence electrons. The van der Waals surface area contributed by atoms with Gasteiger partial charge in [0.05, 0.1) is 0 Å². The number of hydrogen-bond donors (Lipinski definition) is 4. The van der Waals surface area contributed by atoms with Gasteiger partial charge in [-0.15, -0.1) is 0 Å². The molecule has 0 radical (unpaired) electrons. The zero-order valence-electron chi connectivity index (χ0n) is 34.2. The fourth-order valence-corrected chi connectivity index (χ4v) is 6.40. The molecule has 0 spiro atoms. The van der Waals surface area contributed by atoms with Gasteiger partial charge in [0.15, 0.2) is 0 Å². The van der Waals surface area contributed by atoms with Crippen molar-refractivity contribution in [2.45, 2.75) is 149 Å². The van der Waals surface area contributed by atoms with Gasteiger partial charge in [0.2, 0.25) is 11.9 Å². The summed E-state index contributed by atoms with van der Waals surface area (Å²) in [7, 11) is 0. The summed E-state index contributed by atoms with van der Waals surface area (Å²) in [6.45, 7) is 13.3. The second-order valence-corrected chi connectivity index (χ2v) is 16.1. The summed E-state index contributed by atoms with van der Waals surface area (Å²) in [5.41, 5.74) is 2.88. The Hall–Kier alpha value is -4.61. The van der Waals surface area contributed by atoms with E-state index in [0.29, 0.717) is 13.0 Å². The van der Waals surface area contributed by atoms with Crippen LogP contribution in [0.15, 0.2) is 53.5 Å². The lowest BCUT2D eigenvalue weighted by molar-refractivity contribution is -0.123. The number of nitrogens with one attached hydrogen (secondary N) is 4. The Balaban J connectivity index is 1.61. The van der Waals surface area contributed by atoms with Crippen LogP contribution in [0.4, 0.5) is 14.4 Å². The van der Waals surface area contributed by atoms with Crippen molar-refractivity contribution in [1.29, 1.82) is 0 Å². The summed E-state index contributed by atoms with van der Waals surface area (Å²) in [5.74, 6) is -0.591. The number of guanidine groups is 1. The molecule has 1 aliphatic rings. The van der Waals surface area contributed by atoms with E-state index in [-0.39, 0.29) is 37.4 Å². The number of carbonyl (C=O) groups excluding carboxylic acids is 4. The van der Waals surface area contributed by atoms with Crippen molar-refractivity contribution in [3.05, 3.63) is 59.7 Å². The Morgan fingerprint density at radius 2 is 1.16 bits per heavy atom. The van der Waals surface area contributed by atoms with Crippen LogP contribution in [0, 0.1) is 0 Å². The number of unbranched alkanes of at least 4 members (excludes halogenated alkanes) is 9. The first kappa shape index (κ1) is 44.8. The highest BCUT2D eigenvalue weighted by Gasteiger charge is 2.30. The third-order valence-corrected chi connectivity index (χ3v) is 8.94. The molecule has 1 aliphatic carbocycles. The summed E-state index contributed by atoms with van der Waals surface area (Å²) in [5, 5.41) is 10.7. The summed E-state index contributed by atoms with van der Waals surface area (Å²) in [6.07, 6.45) is 10.1. The molecule has 2 aromatic rings. The molecule has 0 bridgehead atoms. The first-order valence-corrected chi connectivity index (χ1v) is 20.1. The molecule has 0 heterocycles. The Kier molecular flexibility index (Phi) is 18.5. The van der Waals surface area contributed by atoms with Crippen molar-refractivity contribution >= 4 is 30.1 Å². The maximum absolute atomic E-state index is 13.4. The molecular weight excluding hydrogens is 699 g/mol. The third kappa shape index (κ3) is 17.2. The number of aliphatic imine (C=N–C) groups is 1. The van der Waals surface area contributed by atoms with Gasteiger partial charge in [-0.25, -0.2) is 14.4 Å². The van der Waals surface area contributed by atoms with Gasteiger partial charge in [0.25, 0.3) is 0 Å². The molecular formula is C43H65N5O7. The van der Waals surface area contributed by atoms with Gasteiger partial charge in [0, 0.05) is 19.0 Å². The lowest BCUT2D eigenvalue weighted by Crippen LogP contribution is -2.48. The second-order valence-electron chi connectivity index (χ2n) is 16.1. The smallest absolute Gasteiger partial charge is 0.414 e. The number of benzene rings is 2. The number of ether oxygens (including phenoxy) is 3. The highest BCUT2D eigenvalue weighted by Crippen LogP contribution is 2.44. The molecule has 1 atom stereocenters. The minimum atomic E-state index is -0.893. The molecule has 0 unspecified atom stereocenters. The highest BCUT2D eigenvalue weighted by atomic mass is 16.6. The van der Waals surface area contributed by atoms with E-state index in [2.05, 4.69) is 57.4 Å². The van der Waals surface area contributed by atoms with Crippen molar-refractivity contribution in [3.8, 4) is 11.1 Å². The monoisotopic (exact) mass is 763 g/mol. The van der Waals surface area contributed by atoms with Crippen LogP contribution in [-0.4, -0.2) is 67.1 Å². The van der Waals surface area contributed by atoms with E-state index in [1.807, 2.05) is 24.3 Å². The number of fused-ring (bicyclic) bond motifs is 3. The van der Waals surface area contributed by atoms with E-state index in [4.69, 9.17) is 14.2 Å². The molecule has 12 heteroatoms. The van der Waals surface area contributed by atoms with Gasteiger partial charge >= 0.3 is 18.3 Å². The Labute approximate surface area is 328 Å². The van der Waals surface area contributed by atoms with Crippen LogP contribution in [0.1, 0.15) is 143 Å². The quantitative estimate of drug-likeness (QED) is 0.0481. The van der Waals surface area contributed by atoms with E-state index >= 15 is 0 Å². The highest BCUT2D eigenvalue weighted by molar-refractivity contribution is 6.01. The molecule has 4 N–H and O–H groups in total. The topological polar surface area (TPSA) is 156 Å². The molecule has 2 aromatic carbocycles. The van der Waals surface area contributed by atoms with Crippen LogP contribution < -0.4 is 21.3 Å². The zero-order chi connectivity index (χ0) is 40.3. The fraction of sp³-hybridized carbons (Fsp3) is 0.605. The van der Waals surface area contributed by atoms with Crippen molar-refractivity contribution in [3.63, 3.8) is 0 Å². The Morgan fingerprint density at radius 3 is 1.67 bits per heavy atom.